The number of nitrogen functional groups attached to an aromatic ring is 1. The number of aryl methyl sites for hydroxylation is 2. The first-order chi connectivity index (χ1) is 9.96. The number of hydrogen-bond acceptors (Lipinski definition) is 7. The number of nitrogens with zero attached hydrogens (tertiary/aromatic N) is 4. The minimum absolute atomic E-state index is 0.0166. The lowest BCUT2D eigenvalue weighted by Crippen LogP contribution is -2.24. The van der Waals surface area contributed by atoms with Crippen molar-refractivity contribution in [2.75, 3.05) is 19.0 Å². The van der Waals surface area contributed by atoms with Crippen LogP contribution in [-0.4, -0.2) is 28.5 Å². The van der Waals surface area contributed by atoms with Gasteiger partial charge in [0.15, 0.2) is 5.82 Å². The van der Waals surface area contributed by atoms with Gasteiger partial charge in [-0.3, -0.25) is 4.90 Å². The molecule has 1 unspecified atom stereocenters. The monoisotopic (exact) mass is 304 g/mol. The summed E-state index contributed by atoms with van der Waals surface area (Å²) < 4.78 is 0. The molecule has 2 aromatic heterocycles. The predicted octanol–water partition coefficient (Wildman–Crippen LogP) is 2.19. The fourth-order valence-electron chi connectivity index (χ4n) is 2.28. The van der Waals surface area contributed by atoms with Crippen molar-refractivity contribution in [3.63, 3.8) is 0 Å². The Hall–Kier alpha value is -1.75. The zero-order chi connectivity index (χ0) is 15.6. The van der Waals surface area contributed by atoms with E-state index >= 15 is 0 Å². The van der Waals surface area contributed by atoms with Crippen LogP contribution in [0.5, 0.6) is 0 Å². The number of thiophene rings is 1. The largest absolute Gasteiger partial charge is 0.308 e. The van der Waals surface area contributed by atoms with Crippen LogP contribution in [0.3, 0.4) is 0 Å². The summed E-state index contributed by atoms with van der Waals surface area (Å²) in [6, 6.07) is 2.23. The molecule has 0 aliphatic heterocycles. The van der Waals surface area contributed by atoms with Gasteiger partial charge in [-0.2, -0.15) is 5.26 Å². The zero-order valence-electron chi connectivity index (χ0n) is 12.8. The van der Waals surface area contributed by atoms with E-state index < -0.39 is 0 Å². The number of hydrogen-bond donors (Lipinski definition) is 2. The van der Waals surface area contributed by atoms with Crippen LogP contribution in [0.4, 0.5) is 5.82 Å². The molecule has 3 N–H and O–H groups in total. The van der Waals surface area contributed by atoms with Gasteiger partial charge in [-0.1, -0.05) is 0 Å². The lowest BCUT2D eigenvalue weighted by atomic mass is 10.2. The van der Waals surface area contributed by atoms with Crippen LogP contribution in [0.2, 0.25) is 0 Å². The van der Waals surface area contributed by atoms with Gasteiger partial charge in [-0.05, 0) is 33.4 Å². The van der Waals surface area contributed by atoms with Crippen LogP contribution in [0.15, 0.2) is 0 Å². The molecule has 0 aromatic carbocycles. The number of nitrogens with two attached hydrogens (primary N) is 1. The van der Waals surface area contributed by atoms with E-state index in [1.54, 1.807) is 11.3 Å². The minimum atomic E-state index is -0.0166. The molecule has 2 rings (SSSR count). The molecule has 112 valence electrons. The van der Waals surface area contributed by atoms with Gasteiger partial charge in [0, 0.05) is 11.4 Å². The van der Waals surface area contributed by atoms with Crippen molar-refractivity contribution in [3.8, 4) is 6.07 Å². The van der Waals surface area contributed by atoms with Gasteiger partial charge >= 0.3 is 0 Å². The van der Waals surface area contributed by atoms with E-state index in [1.165, 1.54) is 10.4 Å². The van der Waals surface area contributed by atoms with Crippen molar-refractivity contribution < 1.29 is 0 Å². The molecular weight excluding hydrogens is 284 g/mol. The lowest BCUT2D eigenvalue weighted by Gasteiger charge is -2.17. The molecule has 0 spiro atoms. The van der Waals surface area contributed by atoms with Crippen molar-refractivity contribution in [2.45, 2.75) is 27.3 Å². The Kier molecular flexibility index (Phi) is 4.73. The quantitative estimate of drug-likeness (QED) is 0.650. The van der Waals surface area contributed by atoms with Gasteiger partial charge in [0.1, 0.15) is 10.7 Å². The van der Waals surface area contributed by atoms with Crippen molar-refractivity contribution in [3.05, 3.63) is 16.3 Å². The van der Waals surface area contributed by atoms with Crippen LogP contribution in [-0.2, 0) is 6.54 Å². The average Bonchev–Trinajstić information content (AvgIpc) is 2.72. The van der Waals surface area contributed by atoms with Gasteiger partial charge in [0.25, 0.3) is 0 Å². The molecule has 21 heavy (non-hydrogen) atoms. The molecular formula is C14H20N6S. The summed E-state index contributed by atoms with van der Waals surface area (Å²) >= 11 is 1.65. The van der Waals surface area contributed by atoms with Gasteiger partial charge in [0.2, 0.25) is 0 Å². The third-order valence-electron chi connectivity index (χ3n) is 3.43. The van der Waals surface area contributed by atoms with E-state index in [0.717, 1.165) is 10.2 Å². The Morgan fingerprint density at radius 3 is 2.76 bits per heavy atom. The Morgan fingerprint density at radius 2 is 2.14 bits per heavy atom. The van der Waals surface area contributed by atoms with Crippen LogP contribution in [0.1, 0.15) is 23.2 Å². The number of nitriles is 1. The number of nitrogens with one attached hydrogen (secondary N) is 1. The van der Waals surface area contributed by atoms with Gasteiger partial charge in [-0.15, -0.1) is 11.3 Å². The third kappa shape index (κ3) is 3.29. The maximum atomic E-state index is 8.87. The van der Waals surface area contributed by atoms with Crippen molar-refractivity contribution in [1.82, 2.24) is 14.9 Å². The second kappa shape index (κ2) is 6.35. The van der Waals surface area contributed by atoms with Gasteiger partial charge in [0.05, 0.1) is 23.9 Å². The first-order valence-corrected chi connectivity index (χ1v) is 7.59. The fraction of sp³-hybridized carbons (Fsp3) is 0.500. The highest BCUT2D eigenvalue weighted by atomic mass is 32.1. The summed E-state index contributed by atoms with van der Waals surface area (Å²) in [7, 11) is 1.96. The zero-order valence-corrected chi connectivity index (χ0v) is 13.6. The average molecular weight is 304 g/mol. The summed E-state index contributed by atoms with van der Waals surface area (Å²) in [5, 5.41) is 9.87. The highest BCUT2D eigenvalue weighted by Gasteiger charge is 2.15. The fourth-order valence-corrected chi connectivity index (χ4v) is 3.33. The molecule has 7 heteroatoms. The smallest absolute Gasteiger partial charge is 0.152 e. The standard InChI is InChI=1S/C14H20N6S/c1-8(5-15)6-20(4)7-11-17-13(19-16)12-9(2)10(3)21-14(12)18-11/h8H,6-7,16H2,1-4H3,(H,17,18,19). The Bertz CT molecular complexity index is 687. The highest BCUT2D eigenvalue weighted by Crippen LogP contribution is 2.32. The maximum Gasteiger partial charge on any atom is 0.152 e. The number of fused-ring (bicyclic) bond motifs is 1. The van der Waals surface area contributed by atoms with E-state index in [9.17, 15) is 0 Å². The Balaban J connectivity index is 2.32. The molecule has 0 aliphatic rings. The van der Waals surface area contributed by atoms with E-state index in [1.807, 2.05) is 18.9 Å². The molecule has 2 aromatic rings. The maximum absolute atomic E-state index is 8.87. The molecule has 0 radical (unpaired) electrons. The van der Waals surface area contributed by atoms with Gasteiger partial charge < -0.3 is 5.43 Å². The molecule has 0 amide bonds. The van der Waals surface area contributed by atoms with E-state index in [2.05, 4.69) is 35.3 Å². The summed E-state index contributed by atoms with van der Waals surface area (Å²) in [5.41, 5.74) is 3.84. The van der Waals surface area contributed by atoms with Crippen LogP contribution < -0.4 is 11.3 Å². The number of hydrazine groups is 1. The topological polar surface area (TPSA) is 90.9 Å². The summed E-state index contributed by atoms with van der Waals surface area (Å²) in [6.07, 6.45) is 0. The first kappa shape index (κ1) is 15.6. The normalized spacial score (nSPS) is 12.6. The number of anilines is 1. The summed E-state index contributed by atoms with van der Waals surface area (Å²) in [5.74, 6) is 6.96. The summed E-state index contributed by atoms with van der Waals surface area (Å²) in [6.45, 7) is 7.30. The lowest BCUT2D eigenvalue weighted by molar-refractivity contribution is 0.296. The molecule has 0 saturated heterocycles. The molecule has 2 heterocycles. The molecule has 1 atom stereocenters. The Labute approximate surface area is 128 Å². The van der Waals surface area contributed by atoms with E-state index in [-0.39, 0.29) is 5.92 Å². The molecule has 0 saturated carbocycles. The molecule has 0 bridgehead atoms. The first-order valence-electron chi connectivity index (χ1n) is 6.77. The second-order valence-corrected chi connectivity index (χ2v) is 6.53. The van der Waals surface area contributed by atoms with Crippen molar-refractivity contribution >= 4 is 27.4 Å². The molecule has 0 aliphatic carbocycles. The Morgan fingerprint density at radius 1 is 1.43 bits per heavy atom. The van der Waals surface area contributed by atoms with Gasteiger partial charge in [-0.25, -0.2) is 15.8 Å². The number of rotatable bonds is 5. The van der Waals surface area contributed by atoms with E-state index in [4.69, 9.17) is 11.1 Å². The minimum Gasteiger partial charge on any atom is -0.308 e. The highest BCUT2D eigenvalue weighted by molar-refractivity contribution is 7.18. The predicted molar refractivity (Wildman–Crippen MR) is 85.8 cm³/mol. The second-order valence-electron chi connectivity index (χ2n) is 5.32. The van der Waals surface area contributed by atoms with Crippen LogP contribution in [0.25, 0.3) is 10.2 Å². The molecule has 0 fully saturated rings. The number of aromatic nitrogens is 2. The SMILES string of the molecule is Cc1sc2nc(CN(C)CC(C)C#N)nc(NN)c2c1C. The van der Waals surface area contributed by atoms with Crippen molar-refractivity contribution in [2.24, 2.45) is 11.8 Å². The molecule has 6 nitrogen and oxygen atoms in total. The summed E-state index contributed by atoms with van der Waals surface area (Å²) in [4.78, 5) is 13.3. The van der Waals surface area contributed by atoms with Crippen LogP contribution >= 0.6 is 11.3 Å². The third-order valence-corrected chi connectivity index (χ3v) is 4.53. The van der Waals surface area contributed by atoms with Crippen molar-refractivity contribution in [1.29, 1.82) is 5.26 Å². The van der Waals surface area contributed by atoms with E-state index in [0.29, 0.717) is 24.7 Å². The van der Waals surface area contributed by atoms with Crippen LogP contribution in [0, 0.1) is 31.1 Å².